The monoisotopic (exact) mass is 470 g/mol. The Bertz CT molecular complexity index is 1170. The van der Waals surface area contributed by atoms with E-state index in [1.54, 1.807) is 16.2 Å². The van der Waals surface area contributed by atoms with Crippen molar-refractivity contribution < 1.29 is 13.9 Å². The minimum absolute atomic E-state index is 0.212. The number of rotatable bonds is 4. The quantitative estimate of drug-likeness (QED) is 0.302. The number of carbonyl (C=O) groups is 1. The van der Waals surface area contributed by atoms with Crippen molar-refractivity contribution in [1.29, 1.82) is 5.41 Å². The van der Waals surface area contributed by atoms with Crippen LogP contribution < -0.4 is 11.1 Å². The van der Waals surface area contributed by atoms with Gasteiger partial charge in [-0.25, -0.2) is 14.4 Å². The summed E-state index contributed by atoms with van der Waals surface area (Å²) in [6, 6.07) is 2.76. The molecule has 33 heavy (non-hydrogen) atoms. The lowest BCUT2D eigenvalue weighted by molar-refractivity contribution is -0.124. The molecule has 3 heterocycles. The molecule has 1 unspecified atom stereocenters. The molecule has 2 aromatic heterocycles. The number of ether oxygens (including phenoxy) is 1. The van der Waals surface area contributed by atoms with Crippen molar-refractivity contribution >= 4 is 51.4 Å². The van der Waals surface area contributed by atoms with Crippen molar-refractivity contribution in [1.82, 2.24) is 14.9 Å². The molecule has 1 aliphatic carbocycles. The topological polar surface area (TPSA) is 117 Å². The highest BCUT2D eigenvalue weighted by atomic mass is 32.1. The van der Waals surface area contributed by atoms with Crippen molar-refractivity contribution in [3.63, 3.8) is 0 Å². The second-order valence-electron chi connectivity index (χ2n) is 8.13. The Morgan fingerprint density at radius 2 is 2.15 bits per heavy atom. The molecular formula is C23H27FN6O2S. The van der Waals surface area contributed by atoms with Crippen LogP contribution in [0.5, 0.6) is 0 Å². The summed E-state index contributed by atoms with van der Waals surface area (Å²) in [5, 5.41) is 11.4. The second-order valence-corrected chi connectivity index (χ2v) is 9.21. The Hall–Kier alpha value is -3.11. The molecule has 10 heteroatoms. The first-order valence-corrected chi connectivity index (χ1v) is 11.7. The fourth-order valence-electron chi connectivity index (χ4n) is 4.08. The van der Waals surface area contributed by atoms with Crippen molar-refractivity contribution in [2.24, 2.45) is 0 Å². The van der Waals surface area contributed by atoms with E-state index in [2.05, 4.69) is 15.3 Å². The number of anilines is 3. The molecule has 4 N–H and O–H groups in total. The number of nitrogen functional groups attached to an aromatic ring is 1. The van der Waals surface area contributed by atoms with Gasteiger partial charge in [0, 0.05) is 35.4 Å². The van der Waals surface area contributed by atoms with Crippen LogP contribution in [0, 0.1) is 11.2 Å². The Morgan fingerprint density at radius 1 is 1.33 bits per heavy atom. The highest BCUT2D eigenvalue weighted by Crippen LogP contribution is 2.39. The molecule has 0 bridgehead atoms. The summed E-state index contributed by atoms with van der Waals surface area (Å²) >= 11 is 1.70. The van der Waals surface area contributed by atoms with Crippen LogP contribution in [0.15, 0.2) is 18.5 Å². The van der Waals surface area contributed by atoms with E-state index in [4.69, 9.17) is 15.9 Å². The van der Waals surface area contributed by atoms with Gasteiger partial charge in [-0.1, -0.05) is 0 Å². The largest absolute Gasteiger partial charge is 0.398 e. The average molecular weight is 471 g/mol. The van der Waals surface area contributed by atoms with Gasteiger partial charge in [-0.15, -0.1) is 11.3 Å². The number of nitrogens with one attached hydrogen (secondary N) is 2. The van der Waals surface area contributed by atoms with Gasteiger partial charge in [-0.2, -0.15) is 0 Å². The van der Waals surface area contributed by atoms with Crippen molar-refractivity contribution in [2.75, 3.05) is 30.7 Å². The van der Waals surface area contributed by atoms with Crippen LogP contribution in [0.25, 0.3) is 10.2 Å². The molecule has 1 fully saturated rings. The summed E-state index contributed by atoms with van der Waals surface area (Å²) < 4.78 is 19.5. The number of benzene rings is 1. The minimum atomic E-state index is -0.464. The number of nitrogens with zero attached hydrogens (tertiary/aromatic N) is 3. The molecule has 3 aromatic rings. The number of thiophene rings is 1. The zero-order chi connectivity index (χ0) is 23.4. The van der Waals surface area contributed by atoms with Gasteiger partial charge in [0.05, 0.1) is 23.8 Å². The molecule has 1 aliphatic heterocycles. The fraction of sp³-hybridized carbons (Fsp3) is 0.391. The van der Waals surface area contributed by atoms with Crippen LogP contribution in [-0.4, -0.2) is 53.3 Å². The Balaban J connectivity index is 0.000000243. The molecular weight excluding hydrogens is 443 g/mol. The molecule has 1 saturated heterocycles. The van der Waals surface area contributed by atoms with Gasteiger partial charge >= 0.3 is 0 Å². The molecule has 0 radical (unpaired) electrons. The van der Waals surface area contributed by atoms with Gasteiger partial charge in [-0.05, 0) is 50.3 Å². The van der Waals surface area contributed by atoms with Gasteiger partial charge in [0.2, 0.25) is 6.41 Å². The van der Waals surface area contributed by atoms with E-state index < -0.39 is 5.82 Å². The van der Waals surface area contributed by atoms with E-state index in [0.29, 0.717) is 18.0 Å². The number of aromatic nitrogens is 2. The summed E-state index contributed by atoms with van der Waals surface area (Å²) in [7, 11) is 0. The highest BCUT2D eigenvalue weighted by molar-refractivity contribution is 7.19. The maximum atomic E-state index is 14.3. The van der Waals surface area contributed by atoms with Gasteiger partial charge in [0.25, 0.3) is 0 Å². The normalized spacial score (nSPS) is 17.6. The summed E-state index contributed by atoms with van der Waals surface area (Å²) in [6.45, 7) is 4.13. The number of amides is 1. The number of nitrogens with two attached hydrogens (primary N) is 1. The summed E-state index contributed by atoms with van der Waals surface area (Å²) in [6.07, 6.45) is 8.13. The molecule has 1 amide bonds. The van der Waals surface area contributed by atoms with Gasteiger partial charge in [0.15, 0.2) is 0 Å². The third-order valence-electron chi connectivity index (χ3n) is 5.75. The van der Waals surface area contributed by atoms with Gasteiger partial charge in [-0.3, -0.25) is 4.79 Å². The zero-order valence-corrected chi connectivity index (χ0v) is 19.3. The van der Waals surface area contributed by atoms with Gasteiger partial charge < -0.3 is 26.1 Å². The molecule has 0 spiro atoms. The predicted molar refractivity (Wildman–Crippen MR) is 129 cm³/mol. The number of hydrogen-bond acceptors (Lipinski definition) is 8. The lowest BCUT2D eigenvalue weighted by Gasteiger charge is -2.27. The molecule has 0 saturated carbocycles. The first-order valence-electron chi connectivity index (χ1n) is 10.9. The van der Waals surface area contributed by atoms with Crippen LogP contribution in [0.2, 0.25) is 0 Å². The van der Waals surface area contributed by atoms with Crippen molar-refractivity contribution in [2.45, 2.75) is 38.7 Å². The van der Waals surface area contributed by atoms with E-state index in [1.165, 1.54) is 35.3 Å². The van der Waals surface area contributed by atoms with E-state index in [1.807, 2.05) is 6.92 Å². The van der Waals surface area contributed by atoms with Crippen LogP contribution in [-0.2, 0) is 22.4 Å². The first kappa shape index (κ1) is 23.1. The van der Waals surface area contributed by atoms with Crippen LogP contribution >= 0.6 is 11.3 Å². The Kier molecular flexibility index (Phi) is 7.14. The van der Waals surface area contributed by atoms with E-state index in [-0.39, 0.29) is 17.5 Å². The maximum Gasteiger partial charge on any atom is 0.209 e. The smallest absolute Gasteiger partial charge is 0.209 e. The average Bonchev–Trinajstić information content (AvgIpc) is 3.21. The molecule has 5 rings (SSSR count). The van der Waals surface area contributed by atoms with Crippen molar-refractivity contribution in [3.05, 3.63) is 40.3 Å². The number of fused-ring (bicyclic) bond motifs is 3. The predicted octanol–water partition coefficient (Wildman–Crippen LogP) is 3.90. The van der Waals surface area contributed by atoms with E-state index >= 15 is 0 Å². The van der Waals surface area contributed by atoms with E-state index in [0.717, 1.165) is 55.2 Å². The fourth-order valence-corrected chi connectivity index (χ4v) is 5.31. The Labute approximate surface area is 195 Å². The summed E-state index contributed by atoms with van der Waals surface area (Å²) in [4.78, 5) is 22.9. The number of morpholine rings is 1. The number of aryl methyl sites for hydroxylation is 2. The second kappa shape index (κ2) is 10.2. The van der Waals surface area contributed by atoms with E-state index in [9.17, 15) is 9.18 Å². The summed E-state index contributed by atoms with van der Waals surface area (Å²) in [5.74, 6) is 0.146. The molecule has 1 aromatic carbocycles. The first-order chi connectivity index (χ1) is 16.0. The maximum absolute atomic E-state index is 14.3. The molecule has 8 nitrogen and oxygen atoms in total. The lowest BCUT2D eigenvalue weighted by atomic mass is 9.97. The molecule has 174 valence electrons. The Morgan fingerprint density at radius 3 is 2.88 bits per heavy atom. The molecule has 1 atom stereocenters. The lowest BCUT2D eigenvalue weighted by Crippen LogP contribution is -2.39. The molecule has 2 aliphatic rings. The van der Waals surface area contributed by atoms with Crippen LogP contribution in [0.4, 0.5) is 21.6 Å². The van der Waals surface area contributed by atoms with Crippen molar-refractivity contribution in [3.8, 4) is 0 Å². The third-order valence-corrected chi connectivity index (χ3v) is 6.95. The standard InChI is InChI=1S/C17H16FN5S.C6H11NO2/c18-11-6-12(20)9(7-19)5-13(11)23-16-15-10-3-1-2-4-14(10)24-17(15)22-8-21-16;1-6-4-7(5-8)2-3-9-6/h5-8,19H,1-4,20H2,(H,21,22,23);5-6H,2-4H2,1H3. The highest BCUT2D eigenvalue weighted by Gasteiger charge is 2.20. The zero-order valence-electron chi connectivity index (χ0n) is 18.4. The van der Waals surface area contributed by atoms with Crippen LogP contribution in [0.3, 0.4) is 0 Å². The summed E-state index contributed by atoms with van der Waals surface area (Å²) in [5.41, 5.74) is 7.98. The SMILES string of the molecule is CC1CN(C=O)CCO1.N=Cc1cc(Nc2ncnc3sc4c(c23)CCCC4)c(F)cc1N. The minimum Gasteiger partial charge on any atom is -0.398 e. The number of halogens is 1. The number of carbonyl (C=O) groups excluding carboxylic acids is 1. The van der Waals surface area contributed by atoms with Crippen LogP contribution in [0.1, 0.15) is 35.8 Å². The third kappa shape index (κ3) is 5.12. The number of hydrogen-bond donors (Lipinski definition) is 3. The van der Waals surface area contributed by atoms with Gasteiger partial charge in [0.1, 0.15) is 22.8 Å².